The van der Waals surface area contributed by atoms with Crippen LogP contribution in [0.25, 0.3) is 0 Å². The summed E-state index contributed by atoms with van der Waals surface area (Å²) in [6.07, 6.45) is 12.4. The highest BCUT2D eigenvalue weighted by molar-refractivity contribution is 8.13. The molecule has 0 aromatic heterocycles. The molecular formula is C30H43NO6S. The Morgan fingerprint density at radius 1 is 1.00 bits per heavy atom. The Balaban J connectivity index is 1.55. The van der Waals surface area contributed by atoms with Crippen LogP contribution in [0.1, 0.15) is 83.1 Å². The van der Waals surface area contributed by atoms with Gasteiger partial charge in [0.05, 0.1) is 19.3 Å². The van der Waals surface area contributed by atoms with Gasteiger partial charge in [-0.3, -0.25) is 4.79 Å². The van der Waals surface area contributed by atoms with Crippen LogP contribution in [-0.4, -0.2) is 60.1 Å². The molecule has 2 saturated heterocycles. The van der Waals surface area contributed by atoms with Gasteiger partial charge in [-0.1, -0.05) is 68.0 Å². The van der Waals surface area contributed by atoms with E-state index in [-0.39, 0.29) is 29.5 Å². The molecule has 1 aromatic rings. The lowest BCUT2D eigenvalue weighted by Gasteiger charge is -2.48. The number of carbonyl (C=O) groups excluding carboxylic acids is 2. The molecule has 7 nitrogen and oxygen atoms in total. The Hall–Kier alpha value is -2.03. The number of methoxy groups -OCH3 is 2. The zero-order chi connectivity index (χ0) is 27.0. The van der Waals surface area contributed by atoms with Crippen LogP contribution in [0, 0.1) is 0 Å². The van der Waals surface area contributed by atoms with Gasteiger partial charge in [-0.25, -0.2) is 4.79 Å². The van der Waals surface area contributed by atoms with Gasteiger partial charge in [0.25, 0.3) is 5.24 Å². The van der Waals surface area contributed by atoms with Gasteiger partial charge >= 0.3 is 5.97 Å². The van der Waals surface area contributed by atoms with Crippen LogP contribution < -0.4 is 4.74 Å². The van der Waals surface area contributed by atoms with Crippen molar-refractivity contribution in [2.24, 2.45) is 0 Å². The van der Waals surface area contributed by atoms with E-state index in [0.29, 0.717) is 25.1 Å². The van der Waals surface area contributed by atoms with Crippen molar-refractivity contribution in [2.75, 3.05) is 20.0 Å². The Bertz CT molecular complexity index is 966. The molecule has 1 unspecified atom stereocenters. The third-order valence-electron chi connectivity index (χ3n) is 7.99. The fraction of sp³-hybridized carbons (Fsp3) is 0.667. The molecule has 4 rings (SSSR count). The number of allylic oxidation sites excluding steroid dienone is 1. The fourth-order valence-corrected chi connectivity index (χ4v) is 6.96. The number of thioether (sulfide) groups is 1. The first-order valence-corrected chi connectivity index (χ1v) is 15.1. The second kappa shape index (κ2) is 13.9. The van der Waals surface area contributed by atoms with Gasteiger partial charge in [0, 0.05) is 38.3 Å². The molecule has 3 aliphatic rings. The van der Waals surface area contributed by atoms with Crippen LogP contribution in [-0.2, 0) is 25.5 Å². The number of fused-ring (bicyclic) bond motifs is 2. The van der Waals surface area contributed by atoms with Gasteiger partial charge in [-0.2, -0.15) is 0 Å². The zero-order valence-electron chi connectivity index (χ0n) is 23.1. The maximum absolute atomic E-state index is 13.0. The average molecular weight is 546 g/mol. The van der Waals surface area contributed by atoms with Gasteiger partial charge in [-0.15, -0.1) is 0 Å². The molecule has 210 valence electrons. The molecule has 2 fully saturated rings. The monoisotopic (exact) mass is 545 g/mol. The minimum atomic E-state index is -1.04. The van der Waals surface area contributed by atoms with Crippen molar-refractivity contribution < 1.29 is 28.5 Å². The number of rotatable bonds is 5. The van der Waals surface area contributed by atoms with Crippen molar-refractivity contribution in [2.45, 2.75) is 108 Å². The lowest BCUT2D eigenvalue weighted by molar-refractivity contribution is -0.305. The lowest BCUT2D eigenvalue weighted by Crippen LogP contribution is -2.60. The smallest absolute Gasteiger partial charge is 0.330 e. The number of nitrogens with zero attached hydrogens (tertiary/aromatic N) is 1. The Labute approximate surface area is 231 Å². The Morgan fingerprint density at radius 3 is 2.42 bits per heavy atom. The molecule has 0 aliphatic carbocycles. The molecule has 0 radical (unpaired) electrons. The topological polar surface area (TPSA) is 74.3 Å². The van der Waals surface area contributed by atoms with Crippen LogP contribution in [0.15, 0.2) is 35.9 Å². The summed E-state index contributed by atoms with van der Waals surface area (Å²) in [5.74, 6) is 0.00946. The minimum Gasteiger partial charge on any atom is -0.497 e. The van der Waals surface area contributed by atoms with E-state index in [9.17, 15) is 9.59 Å². The quantitative estimate of drug-likeness (QED) is 0.384. The molecular weight excluding hydrogens is 502 g/mol. The van der Waals surface area contributed by atoms with Crippen LogP contribution in [0.3, 0.4) is 0 Å². The van der Waals surface area contributed by atoms with E-state index >= 15 is 0 Å². The summed E-state index contributed by atoms with van der Waals surface area (Å²) in [7, 11) is 3.29. The standard InChI is InChI=1S/C30H43NO6S/c1-22-11-9-7-5-4-6-8-10-12-25-18-26(36-28(32)17-22)19-30(35-3,37-25)27-21-38-29(33)31(27)20-23-13-15-24(34-2)16-14-23/h13-17,25-27H,4-12,18-21H2,1-3H3/t25-,26?,27+,30-/m1/s1. The van der Waals surface area contributed by atoms with Crippen molar-refractivity contribution in [3.05, 3.63) is 41.5 Å². The van der Waals surface area contributed by atoms with Crippen molar-refractivity contribution in [1.82, 2.24) is 4.90 Å². The molecule has 1 amide bonds. The highest BCUT2D eigenvalue weighted by atomic mass is 32.2. The fourth-order valence-electron chi connectivity index (χ4n) is 5.87. The van der Waals surface area contributed by atoms with Crippen LogP contribution >= 0.6 is 11.8 Å². The average Bonchev–Trinajstić information content (AvgIpc) is 3.27. The Kier molecular flexibility index (Phi) is 10.6. The molecule has 38 heavy (non-hydrogen) atoms. The van der Waals surface area contributed by atoms with Gasteiger partial charge in [0.15, 0.2) is 5.79 Å². The first kappa shape index (κ1) is 29.0. The summed E-state index contributed by atoms with van der Waals surface area (Å²) < 4.78 is 24.2. The molecule has 0 saturated carbocycles. The predicted molar refractivity (Wildman–Crippen MR) is 149 cm³/mol. The number of carbonyl (C=O) groups is 2. The van der Waals surface area contributed by atoms with Crippen molar-refractivity contribution >= 4 is 23.0 Å². The molecule has 3 aliphatic heterocycles. The number of benzene rings is 1. The van der Waals surface area contributed by atoms with Crippen molar-refractivity contribution in [1.29, 1.82) is 0 Å². The van der Waals surface area contributed by atoms with Gasteiger partial charge < -0.3 is 23.8 Å². The molecule has 4 atom stereocenters. The number of hydrogen-bond acceptors (Lipinski definition) is 7. The molecule has 0 N–H and O–H groups in total. The summed E-state index contributed by atoms with van der Waals surface area (Å²) in [5, 5.41) is 0.00882. The summed E-state index contributed by atoms with van der Waals surface area (Å²) in [5.41, 5.74) is 2.07. The van der Waals surface area contributed by atoms with E-state index in [1.54, 1.807) is 20.3 Å². The van der Waals surface area contributed by atoms with E-state index in [1.807, 2.05) is 36.1 Å². The minimum absolute atomic E-state index is 0.00882. The normalized spacial score (nSPS) is 30.0. The first-order chi connectivity index (χ1) is 18.4. The van der Waals surface area contributed by atoms with Crippen molar-refractivity contribution in [3.8, 4) is 5.75 Å². The lowest BCUT2D eigenvalue weighted by atomic mass is 9.90. The number of esters is 1. The van der Waals surface area contributed by atoms with Crippen LogP contribution in [0.5, 0.6) is 5.75 Å². The number of hydrogen-bond donors (Lipinski definition) is 0. The third kappa shape index (κ3) is 7.54. The number of ether oxygens (including phenoxy) is 4. The highest BCUT2D eigenvalue weighted by Crippen LogP contribution is 2.43. The molecule has 2 bridgehead atoms. The van der Waals surface area contributed by atoms with Crippen LogP contribution in [0.4, 0.5) is 4.79 Å². The van der Waals surface area contributed by atoms with Gasteiger partial charge in [0.2, 0.25) is 0 Å². The summed E-state index contributed by atoms with van der Waals surface area (Å²) in [4.78, 5) is 27.8. The number of amides is 1. The summed E-state index contributed by atoms with van der Waals surface area (Å²) in [6, 6.07) is 7.47. The summed E-state index contributed by atoms with van der Waals surface area (Å²) >= 11 is 1.29. The highest BCUT2D eigenvalue weighted by Gasteiger charge is 2.54. The predicted octanol–water partition coefficient (Wildman–Crippen LogP) is 6.64. The molecule has 3 heterocycles. The van der Waals surface area contributed by atoms with E-state index < -0.39 is 5.79 Å². The molecule has 0 spiro atoms. The molecule has 1 aromatic carbocycles. The molecule has 8 heteroatoms. The third-order valence-corrected chi connectivity index (χ3v) is 8.95. The van der Waals surface area contributed by atoms with E-state index in [2.05, 4.69) is 0 Å². The van der Waals surface area contributed by atoms with Crippen molar-refractivity contribution in [3.63, 3.8) is 0 Å². The maximum Gasteiger partial charge on any atom is 0.330 e. The van der Waals surface area contributed by atoms with Crippen LogP contribution in [0.2, 0.25) is 0 Å². The van der Waals surface area contributed by atoms with E-state index in [4.69, 9.17) is 18.9 Å². The second-order valence-electron chi connectivity index (χ2n) is 10.8. The van der Waals surface area contributed by atoms with E-state index in [0.717, 1.165) is 42.6 Å². The largest absolute Gasteiger partial charge is 0.497 e. The zero-order valence-corrected chi connectivity index (χ0v) is 23.9. The second-order valence-corrected chi connectivity index (χ2v) is 11.8. The summed E-state index contributed by atoms with van der Waals surface area (Å²) in [6.45, 7) is 2.46. The Morgan fingerprint density at radius 2 is 1.71 bits per heavy atom. The SMILES string of the molecule is COc1ccc(CN2C(=O)SC[C@H]2[C@@]2(OC)CC3C[C@@H](CCCCCCCCCC(C)=CC(=O)O3)O2)cc1. The van der Waals surface area contributed by atoms with Gasteiger partial charge in [0.1, 0.15) is 11.9 Å². The van der Waals surface area contributed by atoms with E-state index in [1.165, 1.54) is 43.9 Å². The first-order valence-electron chi connectivity index (χ1n) is 14.1. The maximum atomic E-state index is 13.0. The van der Waals surface area contributed by atoms with Gasteiger partial charge in [-0.05, 0) is 43.9 Å².